The summed E-state index contributed by atoms with van der Waals surface area (Å²) in [6.07, 6.45) is 0.363. The Bertz CT molecular complexity index is 882. The average molecular weight is 357 g/mol. The summed E-state index contributed by atoms with van der Waals surface area (Å²) in [4.78, 5) is 32.1. The second kappa shape index (κ2) is 6.33. The van der Waals surface area contributed by atoms with Crippen molar-refractivity contribution in [1.82, 2.24) is 15.2 Å². The number of hydrogen-bond donors (Lipinski definition) is 1. The van der Waals surface area contributed by atoms with Gasteiger partial charge in [-0.25, -0.2) is 4.98 Å². The predicted molar refractivity (Wildman–Crippen MR) is 96.5 cm³/mol. The van der Waals surface area contributed by atoms with E-state index in [9.17, 15) is 9.59 Å². The highest BCUT2D eigenvalue weighted by molar-refractivity contribution is 7.26. The fraction of sp³-hybridized carbons (Fsp3) is 0.235. The Morgan fingerprint density at radius 3 is 2.88 bits per heavy atom. The second-order valence-corrected chi connectivity index (χ2v) is 7.66. The van der Waals surface area contributed by atoms with Gasteiger partial charge in [0.25, 0.3) is 5.91 Å². The molecule has 3 heterocycles. The number of carbonyl (C=O) groups is 2. The Balaban J connectivity index is 1.57. The molecule has 2 amide bonds. The molecule has 4 rings (SSSR count). The van der Waals surface area contributed by atoms with E-state index in [0.717, 1.165) is 20.1 Å². The van der Waals surface area contributed by atoms with Gasteiger partial charge in [-0.05, 0) is 24.3 Å². The molecule has 0 saturated carbocycles. The van der Waals surface area contributed by atoms with Crippen molar-refractivity contribution in [2.45, 2.75) is 6.42 Å². The van der Waals surface area contributed by atoms with Gasteiger partial charge in [0.05, 0.1) is 20.0 Å². The largest absolute Gasteiger partial charge is 0.354 e. The third-order valence-electron chi connectivity index (χ3n) is 3.92. The molecule has 0 aliphatic carbocycles. The lowest BCUT2D eigenvalue weighted by Crippen LogP contribution is -2.33. The number of thiophene rings is 1. The van der Waals surface area contributed by atoms with Gasteiger partial charge < -0.3 is 10.2 Å². The number of thiazole rings is 1. The number of hydrogen-bond acceptors (Lipinski definition) is 5. The molecule has 0 spiro atoms. The first-order chi connectivity index (χ1) is 11.7. The lowest BCUT2D eigenvalue weighted by Gasteiger charge is -2.18. The van der Waals surface area contributed by atoms with Crippen LogP contribution in [-0.2, 0) is 4.79 Å². The summed E-state index contributed by atoms with van der Waals surface area (Å²) in [5, 5.41) is 3.73. The summed E-state index contributed by atoms with van der Waals surface area (Å²) in [6, 6.07) is 11.8. The third kappa shape index (κ3) is 2.92. The Hall–Kier alpha value is -2.25. The summed E-state index contributed by atoms with van der Waals surface area (Å²) < 4.78 is 1.14. The minimum Gasteiger partial charge on any atom is -0.354 e. The zero-order chi connectivity index (χ0) is 16.5. The quantitative estimate of drug-likeness (QED) is 0.767. The van der Waals surface area contributed by atoms with Crippen LogP contribution in [0.25, 0.3) is 20.1 Å². The average Bonchev–Trinajstić information content (AvgIpc) is 3.18. The van der Waals surface area contributed by atoms with Crippen LogP contribution in [0, 0.1) is 0 Å². The third-order valence-corrected chi connectivity index (χ3v) is 6.20. The summed E-state index contributed by atoms with van der Waals surface area (Å²) in [5.41, 5.74) is 0.982. The minimum absolute atomic E-state index is 0.00615. The molecule has 1 fully saturated rings. The van der Waals surface area contributed by atoms with Crippen molar-refractivity contribution in [3.8, 4) is 9.88 Å². The van der Waals surface area contributed by atoms with Crippen molar-refractivity contribution in [3.05, 3.63) is 41.3 Å². The normalized spacial score (nSPS) is 15.3. The molecule has 1 aliphatic heterocycles. The molecule has 0 radical (unpaired) electrons. The van der Waals surface area contributed by atoms with Gasteiger partial charge in [-0.2, -0.15) is 0 Å². The second-order valence-electron chi connectivity index (χ2n) is 5.54. The Morgan fingerprint density at radius 2 is 2.00 bits per heavy atom. The fourth-order valence-electron chi connectivity index (χ4n) is 2.67. The molecule has 122 valence electrons. The van der Waals surface area contributed by atoms with Crippen LogP contribution in [0.1, 0.15) is 16.1 Å². The molecule has 0 unspecified atom stereocenters. The van der Waals surface area contributed by atoms with E-state index in [1.807, 2.05) is 30.3 Å². The molecule has 7 heteroatoms. The van der Waals surface area contributed by atoms with Gasteiger partial charge >= 0.3 is 0 Å². The van der Waals surface area contributed by atoms with Gasteiger partial charge in [-0.15, -0.1) is 22.7 Å². The number of nitrogens with one attached hydrogen (secondary N) is 1. The SMILES string of the molecule is O=C1CCN(C(=O)c2ccc(-c3nc4ccccc4s3)s2)CCN1. The van der Waals surface area contributed by atoms with Crippen molar-refractivity contribution in [1.29, 1.82) is 0 Å². The number of carbonyl (C=O) groups excluding carboxylic acids is 2. The molecule has 5 nitrogen and oxygen atoms in total. The zero-order valence-corrected chi connectivity index (χ0v) is 14.5. The summed E-state index contributed by atoms with van der Waals surface area (Å²) in [7, 11) is 0. The number of benzene rings is 1. The Morgan fingerprint density at radius 1 is 1.12 bits per heavy atom. The first-order valence-electron chi connectivity index (χ1n) is 7.72. The van der Waals surface area contributed by atoms with Crippen LogP contribution in [0.5, 0.6) is 0 Å². The predicted octanol–water partition coefficient (Wildman–Crippen LogP) is 2.99. The number of para-hydroxylation sites is 1. The maximum atomic E-state index is 12.7. The van der Waals surface area contributed by atoms with Crippen molar-refractivity contribution in [2.75, 3.05) is 19.6 Å². The van der Waals surface area contributed by atoms with E-state index in [2.05, 4.69) is 16.4 Å². The highest BCUT2D eigenvalue weighted by Crippen LogP contribution is 2.34. The monoisotopic (exact) mass is 357 g/mol. The highest BCUT2D eigenvalue weighted by atomic mass is 32.1. The standard InChI is InChI=1S/C17H15N3O2S2/c21-15-7-9-20(10-8-18-15)17(22)14-6-5-13(23-14)16-19-11-3-1-2-4-12(11)24-16/h1-6H,7-10H2,(H,18,21). The van der Waals surface area contributed by atoms with E-state index in [4.69, 9.17) is 0 Å². The molecule has 1 aliphatic rings. The van der Waals surface area contributed by atoms with Gasteiger partial charge in [0.1, 0.15) is 5.01 Å². The maximum Gasteiger partial charge on any atom is 0.264 e. The molecule has 24 heavy (non-hydrogen) atoms. The Kier molecular flexibility index (Phi) is 4.03. The van der Waals surface area contributed by atoms with E-state index in [-0.39, 0.29) is 11.8 Å². The molecule has 1 saturated heterocycles. The molecular weight excluding hydrogens is 342 g/mol. The minimum atomic E-state index is -0.0103. The summed E-state index contributed by atoms with van der Waals surface area (Å²) in [5.74, 6) is -0.00416. The first kappa shape index (κ1) is 15.3. The maximum absolute atomic E-state index is 12.7. The van der Waals surface area contributed by atoms with Crippen molar-refractivity contribution in [2.24, 2.45) is 0 Å². The summed E-state index contributed by atoms with van der Waals surface area (Å²) >= 11 is 3.10. The fourth-order valence-corrected chi connectivity index (χ4v) is 4.67. The smallest absolute Gasteiger partial charge is 0.264 e. The summed E-state index contributed by atoms with van der Waals surface area (Å²) in [6.45, 7) is 1.54. The van der Waals surface area contributed by atoms with Gasteiger partial charge in [-0.1, -0.05) is 12.1 Å². The van der Waals surface area contributed by atoms with E-state index >= 15 is 0 Å². The molecule has 1 N–H and O–H groups in total. The number of aromatic nitrogens is 1. The molecule has 2 aromatic heterocycles. The number of amides is 2. The highest BCUT2D eigenvalue weighted by Gasteiger charge is 2.21. The van der Waals surface area contributed by atoms with Crippen LogP contribution in [0.15, 0.2) is 36.4 Å². The molecular formula is C17H15N3O2S2. The first-order valence-corrected chi connectivity index (χ1v) is 9.36. The number of nitrogens with zero attached hydrogens (tertiary/aromatic N) is 2. The van der Waals surface area contributed by atoms with E-state index in [1.165, 1.54) is 11.3 Å². The van der Waals surface area contributed by atoms with Crippen molar-refractivity contribution < 1.29 is 9.59 Å². The zero-order valence-electron chi connectivity index (χ0n) is 12.8. The van der Waals surface area contributed by atoms with Crippen LogP contribution in [0.2, 0.25) is 0 Å². The van der Waals surface area contributed by atoms with Crippen LogP contribution >= 0.6 is 22.7 Å². The Labute approximate surface area is 146 Å². The van der Waals surface area contributed by atoms with Crippen LogP contribution in [-0.4, -0.2) is 41.3 Å². The van der Waals surface area contributed by atoms with Crippen LogP contribution in [0.4, 0.5) is 0 Å². The van der Waals surface area contributed by atoms with Gasteiger partial charge in [0, 0.05) is 26.1 Å². The van der Waals surface area contributed by atoms with Crippen LogP contribution in [0.3, 0.4) is 0 Å². The van der Waals surface area contributed by atoms with E-state index in [0.29, 0.717) is 30.9 Å². The van der Waals surface area contributed by atoms with Crippen molar-refractivity contribution in [3.63, 3.8) is 0 Å². The van der Waals surface area contributed by atoms with Gasteiger partial charge in [0.2, 0.25) is 5.91 Å². The van der Waals surface area contributed by atoms with Crippen LogP contribution < -0.4 is 5.32 Å². The van der Waals surface area contributed by atoms with Crippen molar-refractivity contribution >= 4 is 44.7 Å². The van der Waals surface area contributed by atoms with E-state index < -0.39 is 0 Å². The van der Waals surface area contributed by atoms with E-state index in [1.54, 1.807) is 16.2 Å². The van der Waals surface area contributed by atoms with Gasteiger partial charge in [-0.3, -0.25) is 9.59 Å². The molecule has 0 bridgehead atoms. The van der Waals surface area contributed by atoms with Gasteiger partial charge in [0.15, 0.2) is 0 Å². The number of fused-ring (bicyclic) bond motifs is 1. The topological polar surface area (TPSA) is 62.3 Å². The molecule has 3 aromatic rings. The lowest BCUT2D eigenvalue weighted by molar-refractivity contribution is -0.120. The lowest BCUT2D eigenvalue weighted by atomic mass is 10.3. The molecule has 0 atom stereocenters. The number of rotatable bonds is 2. The molecule has 1 aromatic carbocycles.